The van der Waals surface area contributed by atoms with Gasteiger partial charge in [-0.05, 0) is 38.5 Å². The van der Waals surface area contributed by atoms with Crippen LogP contribution < -0.4 is 11.5 Å². The van der Waals surface area contributed by atoms with Crippen LogP contribution in [0.1, 0.15) is 387 Å². The van der Waals surface area contributed by atoms with Crippen molar-refractivity contribution >= 4 is 23.9 Å². The molecular weight excluding hydrogens is 997 g/mol. The quantitative estimate of drug-likeness (QED) is 0.0341. The van der Waals surface area contributed by atoms with Crippen molar-refractivity contribution in [3.05, 3.63) is 0 Å². The topological polar surface area (TPSA) is 157 Å². The Hall–Kier alpha value is -2.20. The maximum absolute atomic E-state index is 12.1. The first-order valence-corrected chi connectivity index (χ1v) is 35.4. The van der Waals surface area contributed by atoms with Gasteiger partial charge in [-0.1, -0.05) is 336 Å². The lowest BCUT2D eigenvalue weighted by atomic mass is 10.0. The Balaban J connectivity index is 0. The number of carbonyl (C=O) groups is 4. The van der Waals surface area contributed by atoms with Gasteiger partial charge in [0.15, 0.2) is 0 Å². The van der Waals surface area contributed by atoms with Gasteiger partial charge >= 0.3 is 23.9 Å². The van der Waals surface area contributed by atoms with Gasteiger partial charge in [-0.2, -0.15) is 0 Å². The molecular formula is C70H138N2O8. The lowest BCUT2D eigenvalue weighted by Gasteiger charge is -2.11. The molecule has 0 saturated heterocycles. The molecule has 0 heterocycles. The molecule has 0 aromatic carbocycles. The number of carbonyl (C=O) groups excluding carboxylic acids is 4. The maximum Gasteiger partial charge on any atom is 0.322 e. The monoisotopic (exact) mass is 1140 g/mol. The van der Waals surface area contributed by atoms with Gasteiger partial charge in [0, 0.05) is 12.8 Å². The van der Waals surface area contributed by atoms with Crippen molar-refractivity contribution in [2.24, 2.45) is 11.5 Å². The number of ether oxygens (including phenoxy) is 4. The van der Waals surface area contributed by atoms with Crippen LogP contribution in [0, 0.1) is 0 Å². The zero-order valence-electron chi connectivity index (χ0n) is 54.0. The first-order chi connectivity index (χ1) is 39.2. The molecule has 0 rings (SSSR count). The fourth-order valence-electron chi connectivity index (χ4n) is 10.3. The lowest BCUT2D eigenvalue weighted by Crippen LogP contribution is -2.33. The van der Waals surface area contributed by atoms with Crippen LogP contribution in [0.15, 0.2) is 0 Å². The molecule has 0 aliphatic carbocycles. The molecule has 2 unspecified atom stereocenters. The molecule has 0 aliphatic heterocycles. The molecule has 4 N–H and O–H groups in total. The zero-order chi connectivity index (χ0) is 58.7. The van der Waals surface area contributed by atoms with Gasteiger partial charge in [0.25, 0.3) is 0 Å². The van der Waals surface area contributed by atoms with E-state index in [4.69, 9.17) is 30.4 Å². The van der Waals surface area contributed by atoms with Crippen LogP contribution in [0.3, 0.4) is 0 Å². The van der Waals surface area contributed by atoms with Gasteiger partial charge in [-0.3, -0.25) is 19.2 Å². The summed E-state index contributed by atoms with van der Waals surface area (Å²) in [4.78, 5) is 48.0. The third kappa shape index (κ3) is 66.6. The van der Waals surface area contributed by atoms with Crippen molar-refractivity contribution < 1.29 is 38.1 Å². The van der Waals surface area contributed by atoms with Crippen molar-refractivity contribution in [2.45, 2.75) is 399 Å². The van der Waals surface area contributed by atoms with Crippen molar-refractivity contribution in [1.29, 1.82) is 0 Å². The van der Waals surface area contributed by atoms with Crippen molar-refractivity contribution in [2.75, 3.05) is 26.4 Å². The highest BCUT2D eigenvalue weighted by molar-refractivity contribution is 5.77. The van der Waals surface area contributed by atoms with E-state index in [1.807, 2.05) is 0 Å². The van der Waals surface area contributed by atoms with Gasteiger partial charge in [-0.15, -0.1) is 0 Å². The molecule has 0 bridgehead atoms. The average molecular weight is 1140 g/mol. The number of esters is 4. The van der Waals surface area contributed by atoms with E-state index in [1.54, 1.807) is 0 Å². The van der Waals surface area contributed by atoms with Crippen LogP contribution in [0.2, 0.25) is 0 Å². The normalized spacial score (nSPS) is 12.0. The predicted molar refractivity (Wildman–Crippen MR) is 341 cm³/mol. The Morgan fingerprint density at radius 3 is 0.562 bits per heavy atom. The smallest absolute Gasteiger partial charge is 0.322 e. The number of hydrogen-bond acceptors (Lipinski definition) is 10. The molecule has 80 heavy (non-hydrogen) atoms. The molecule has 0 saturated carbocycles. The summed E-state index contributed by atoms with van der Waals surface area (Å²) in [5, 5.41) is 0. The fraction of sp³-hybridized carbons (Fsp3) is 0.943. The largest absolute Gasteiger partial charge is 0.466 e. The Kier molecular flexibility index (Phi) is 69.2. The molecule has 0 amide bonds. The van der Waals surface area contributed by atoms with E-state index in [1.165, 1.54) is 283 Å². The van der Waals surface area contributed by atoms with Crippen molar-refractivity contribution in [1.82, 2.24) is 0 Å². The van der Waals surface area contributed by atoms with Crippen LogP contribution in [0.25, 0.3) is 0 Å². The number of nitrogens with two attached hydrogens (primary N) is 2. The minimum absolute atomic E-state index is 0.174. The van der Waals surface area contributed by atoms with Gasteiger partial charge in [0.1, 0.15) is 12.1 Å². The molecule has 10 nitrogen and oxygen atoms in total. The van der Waals surface area contributed by atoms with Crippen molar-refractivity contribution in [3.63, 3.8) is 0 Å². The van der Waals surface area contributed by atoms with Crippen LogP contribution >= 0.6 is 0 Å². The maximum atomic E-state index is 12.1. The van der Waals surface area contributed by atoms with E-state index in [9.17, 15) is 19.2 Å². The molecule has 0 spiro atoms. The summed E-state index contributed by atoms with van der Waals surface area (Å²) in [6, 6.07) is -1.49. The van der Waals surface area contributed by atoms with E-state index in [2.05, 4.69) is 27.7 Å². The summed E-state index contributed by atoms with van der Waals surface area (Å²) < 4.78 is 21.2. The SMILES string of the molecule is CCCCCCCCCCCCCCCCOC(=O)CCC(N)C(=O)OCCCCCCCCCCCCCCCC.CCCCCCCCCCCCCCOC(=O)CCC(N)C(=O)OCCCCCCCCCCCCCC. The highest BCUT2D eigenvalue weighted by atomic mass is 16.5. The van der Waals surface area contributed by atoms with Crippen LogP contribution in [-0.2, 0) is 38.1 Å². The second kappa shape index (κ2) is 69.3. The second-order valence-corrected chi connectivity index (χ2v) is 24.0. The van der Waals surface area contributed by atoms with E-state index in [-0.39, 0.29) is 37.6 Å². The highest BCUT2D eigenvalue weighted by Gasteiger charge is 2.18. The molecule has 10 heteroatoms. The van der Waals surface area contributed by atoms with Gasteiger partial charge in [0.2, 0.25) is 0 Å². The van der Waals surface area contributed by atoms with Gasteiger partial charge in [0.05, 0.1) is 26.4 Å². The van der Waals surface area contributed by atoms with Gasteiger partial charge in [-0.25, -0.2) is 0 Å². The Bertz CT molecular complexity index is 1270. The highest BCUT2D eigenvalue weighted by Crippen LogP contribution is 2.17. The molecule has 476 valence electrons. The third-order valence-corrected chi connectivity index (χ3v) is 15.9. The van der Waals surface area contributed by atoms with Crippen LogP contribution in [0.4, 0.5) is 0 Å². The van der Waals surface area contributed by atoms with E-state index >= 15 is 0 Å². The second-order valence-electron chi connectivity index (χ2n) is 24.0. The van der Waals surface area contributed by atoms with E-state index < -0.39 is 24.0 Å². The molecule has 0 aliphatic rings. The average Bonchev–Trinajstić information content (AvgIpc) is 3.46. The number of hydrogen-bond donors (Lipinski definition) is 2. The fourth-order valence-corrected chi connectivity index (χ4v) is 10.3. The predicted octanol–water partition coefficient (Wildman–Crippen LogP) is 20.7. The number of unbranched alkanes of at least 4 members (excludes halogenated alkanes) is 48. The van der Waals surface area contributed by atoms with Gasteiger partial charge < -0.3 is 30.4 Å². The Morgan fingerprint density at radius 2 is 0.388 bits per heavy atom. The summed E-state index contributed by atoms with van der Waals surface area (Å²) in [5.41, 5.74) is 11.8. The summed E-state index contributed by atoms with van der Waals surface area (Å²) in [6.45, 7) is 10.8. The minimum Gasteiger partial charge on any atom is -0.466 e. The van der Waals surface area contributed by atoms with Crippen molar-refractivity contribution in [3.8, 4) is 0 Å². The Labute approximate surface area is 497 Å². The summed E-state index contributed by atoms with van der Waals surface area (Å²) in [5.74, 6) is -1.33. The molecule has 0 aromatic rings. The third-order valence-electron chi connectivity index (χ3n) is 15.9. The Morgan fingerprint density at radius 1 is 0.237 bits per heavy atom. The van der Waals surface area contributed by atoms with Crippen LogP contribution in [0.5, 0.6) is 0 Å². The lowest BCUT2D eigenvalue weighted by molar-refractivity contribution is -0.148. The minimum atomic E-state index is -0.745. The summed E-state index contributed by atoms with van der Waals surface area (Å²) >= 11 is 0. The summed E-state index contributed by atoms with van der Waals surface area (Å²) in [6.07, 6.45) is 68.2. The zero-order valence-corrected chi connectivity index (χ0v) is 54.0. The molecule has 2 atom stereocenters. The first kappa shape index (κ1) is 79.9. The summed E-state index contributed by atoms with van der Waals surface area (Å²) in [7, 11) is 0. The van der Waals surface area contributed by atoms with E-state index in [0.717, 1.165) is 51.4 Å². The molecule has 0 aromatic heterocycles. The van der Waals surface area contributed by atoms with Crippen LogP contribution in [-0.4, -0.2) is 62.4 Å². The first-order valence-electron chi connectivity index (χ1n) is 35.4. The number of rotatable bonds is 64. The molecule has 0 fully saturated rings. The standard InChI is InChI=1S/C37H73NO4.C33H65NO4/c1-3-5-7-9-11-13-15-17-19-21-23-25-27-29-33-41-36(39)32-31-35(38)37(40)42-34-30-28-26-24-22-20-18-16-14-12-10-8-6-4-2;1-3-5-7-9-11-13-15-17-19-21-23-25-29-37-32(35)28-27-31(34)33(36)38-30-26-24-22-20-18-16-14-12-10-8-6-4-2/h35H,3-34,38H2,1-2H3;31H,3-30,34H2,1-2H3. The molecule has 0 radical (unpaired) electrons. The van der Waals surface area contributed by atoms with E-state index in [0.29, 0.717) is 26.4 Å².